The molecular formula is C12H16N-. The maximum atomic E-state index is 6.94. The van der Waals surface area contributed by atoms with Crippen LogP contribution in [0.5, 0.6) is 0 Å². The van der Waals surface area contributed by atoms with Gasteiger partial charge in [0.15, 0.2) is 0 Å². The van der Waals surface area contributed by atoms with E-state index < -0.39 is 0 Å². The highest BCUT2D eigenvalue weighted by atomic mass is 14.5. The zero-order valence-electron chi connectivity index (χ0n) is 8.03. The molecule has 0 amide bonds. The predicted octanol–water partition coefficient (Wildman–Crippen LogP) is 3.82. The van der Waals surface area contributed by atoms with Crippen molar-refractivity contribution in [3.05, 3.63) is 53.9 Å². The SMILES string of the molecule is CC(C=C[NH-])CCc1ccccc1. The maximum Gasteiger partial charge on any atom is -0.0273 e. The molecule has 1 heteroatoms. The highest BCUT2D eigenvalue weighted by molar-refractivity contribution is 5.14. The van der Waals surface area contributed by atoms with E-state index in [1.807, 2.05) is 12.1 Å². The molecule has 0 radical (unpaired) electrons. The molecule has 1 rings (SSSR count). The highest BCUT2D eigenvalue weighted by Gasteiger charge is 1.96. The summed E-state index contributed by atoms with van der Waals surface area (Å²) in [6.07, 6.45) is 5.55. The first kappa shape index (κ1) is 9.85. The minimum Gasteiger partial charge on any atom is -0.705 e. The molecule has 1 aromatic rings. The Labute approximate surface area is 80.3 Å². The van der Waals surface area contributed by atoms with Crippen LogP contribution in [0.25, 0.3) is 5.73 Å². The summed E-state index contributed by atoms with van der Waals surface area (Å²) in [5.41, 5.74) is 8.32. The second-order valence-corrected chi connectivity index (χ2v) is 3.36. The fraction of sp³-hybridized carbons (Fsp3) is 0.333. The standard InChI is InChI=1S/C12H16N/c1-11(9-10-13)7-8-12-5-3-2-4-6-12/h2-6,9-11,13H,7-8H2,1H3/q-1. The van der Waals surface area contributed by atoms with E-state index in [9.17, 15) is 0 Å². The van der Waals surface area contributed by atoms with E-state index in [2.05, 4.69) is 31.2 Å². The molecule has 70 valence electrons. The van der Waals surface area contributed by atoms with Crippen LogP contribution in [0.2, 0.25) is 0 Å². The normalized spacial score (nSPS) is 13.3. The predicted molar refractivity (Wildman–Crippen MR) is 57.4 cm³/mol. The molecule has 0 spiro atoms. The Morgan fingerprint density at radius 2 is 2.00 bits per heavy atom. The zero-order valence-corrected chi connectivity index (χ0v) is 8.03. The molecule has 0 bridgehead atoms. The Morgan fingerprint density at radius 1 is 1.31 bits per heavy atom. The quantitative estimate of drug-likeness (QED) is 0.662. The van der Waals surface area contributed by atoms with Crippen molar-refractivity contribution in [3.63, 3.8) is 0 Å². The average Bonchev–Trinajstić information content (AvgIpc) is 2.17. The van der Waals surface area contributed by atoms with E-state index in [4.69, 9.17) is 5.73 Å². The van der Waals surface area contributed by atoms with Gasteiger partial charge in [0.2, 0.25) is 0 Å². The fourth-order valence-electron chi connectivity index (χ4n) is 1.30. The number of allylic oxidation sites excluding steroid dienone is 1. The molecule has 0 fully saturated rings. The Hall–Kier alpha value is -1.24. The minimum absolute atomic E-state index is 0.512. The molecule has 0 saturated heterocycles. The second kappa shape index (κ2) is 5.41. The van der Waals surface area contributed by atoms with Crippen LogP contribution in [0, 0.1) is 5.92 Å². The van der Waals surface area contributed by atoms with E-state index >= 15 is 0 Å². The van der Waals surface area contributed by atoms with Crippen LogP contribution in [-0.2, 0) is 6.42 Å². The molecule has 1 aromatic carbocycles. The lowest BCUT2D eigenvalue weighted by atomic mass is 10.0. The van der Waals surface area contributed by atoms with Crippen LogP contribution < -0.4 is 0 Å². The molecule has 0 aliphatic carbocycles. The summed E-state index contributed by atoms with van der Waals surface area (Å²) in [5.74, 6) is 0.512. The van der Waals surface area contributed by atoms with Crippen LogP contribution in [0.4, 0.5) is 0 Å². The monoisotopic (exact) mass is 174 g/mol. The van der Waals surface area contributed by atoms with Crippen molar-refractivity contribution in [1.29, 1.82) is 0 Å². The first-order chi connectivity index (χ1) is 6.33. The number of hydrogen-bond acceptors (Lipinski definition) is 0. The van der Waals surface area contributed by atoms with Crippen LogP contribution in [-0.4, -0.2) is 0 Å². The van der Waals surface area contributed by atoms with Crippen molar-refractivity contribution in [3.8, 4) is 0 Å². The third kappa shape index (κ3) is 3.79. The van der Waals surface area contributed by atoms with Gasteiger partial charge in [0.1, 0.15) is 0 Å². The number of nitrogens with one attached hydrogen (secondary N) is 1. The number of benzene rings is 1. The van der Waals surface area contributed by atoms with Gasteiger partial charge in [0, 0.05) is 0 Å². The van der Waals surface area contributed by atoms with Crippen molar-refractivity contribution in [2.24, 2.45) is 5.92 Å². The summed E-state index contributed by atoms with van der Waals surface area (Å²) in [4.78, 5) is 0. The third-order valence-electron chi connectivity index (χ3n) is 2.16. The third-order valence-corrected chi connectivity index (χ3v) is 2.16. The van der Waals surface area contributed by atoms with Crippen molar-refractivity contribution in [2.75, 3.05) is 0 Å². The molecular weight excluding hydrogens is 158 g/mol. The van der Waals surface area contributed by atoms with E-state index in [-0.39, 0.29) is 0 Å². The summed E-state index contributed by atoms with van der Waals surface area (Å²) < 4.78 is 0. The molecule has 0 aromatic heterocycles. The smallest absolute Gasteiger partial charge is 0.0273 e. The van der Waals surface area contributed by atoms with Gasteiger partial charge < -0.3 is 5.73 Å². The summed E-state index contributed by atoms with van der Waals surface area (Å²) in [6, 6.07) is 10.5. The van der Waals surface area contributed by atoms with E-state index in [0.717, 1.165) is 12.8 Å². The average molecular weight is 174 g/mol. The first-order valence-electron chi connectivity index (χ1n) is 4.71. The van der Waals surface area contributed by atoms with E-state index in [0.29, 0.717) is 5.92 Å². The molecule has 13 heavy (non-hydrogen) atoms. The van der Waals surface area contributed by atoms with Crippen molar-refractivity contribution in [1.82, 2.24) is 0 Å². The minimum atomic E-state index is 0.512. The van der Waals surface area contributed by atoms with Crippen LogP contribution in [0.15, 0.2) is 42.6 Å². The van der Waals surface area contributed by atoms with Gasteiger partial charge in [-0.1, -0.05) is 37.3 Å². The lowest BCUT2D eigenvalue weighted by Crippen LogP contribution is -1.93. The van der Waals surface area contributed by atoms with E-state index in [1.54, 1.807) is 0 Å². The molecule has 1 atom stereocenters. The Balaban J connectivity index is 2.35. The Bertz CT molecular complexity index is 251. The van der Waals surface area contributed by atoms with Crippen molar-refractivity contribution < 1.29 is 0 Å². The van der Waals surface area contributed by atoms with Gasteiger partial charge in [-0.15, -0.1) is 6.08 Å². The molecule has 1 unspecified atom stereocenters. The molecule has 0 heterocycles. The Morgan fingerprint density at radius 3 is 2.62 bits per heavy atom. The van der Waals surface area contributed by atoms with Gasteiger partial charge >= 0.3 is 0 Å². The summed E-state index contributed by atoms with van der Waals surface area (Å²) >= 11 is 0. The molecule has 0 aliphatic rings. The topological polar surface area (TPSA) is 23.8 Å². The van der Waals surface area contributed by atoms with Crippen molar-refractivity contribution >= 4 is 0 Å². The van der Waals surface area contributed by atoms with Crippen LogP contribution in [0.1, 0.15) is 18.9 Å². The first-order valence-corrected chi connectivity index (χ1v) is 4.71. The van der Waals surface area contributed by atoms with Crippen LogP contribution >= 0.6 is 0 Å². The van der Waals surface area contributed by atoms with Gasteiger partial charge in [-0.3, -0.25) is 0 Å². The second-order valence-electron chi connectivity index (χ2n) is 3.36. The van der Waals surface area contributed by atoms with Gasteiger partial charge in [-0.25, -0.2) is 0 Å². The van der Waals surface area contributed by atoms with E-state index in [1.165, 1.54) is 11.8 Å². The molecule has 0 saturated carbocycles. The zero-order chi connectivity index (χ0) is 9.52. The van der Waals surface area contributed by atoms with Gasteiger partial charge in [-0.2, -0.15) is 6.20 Å². The lowest BCUT2D eigenvalue weighted by Gasteiger charge is -2.06. The molecule has 0 aliphatic heterocycles. The van der Waals surface area contributed by atoms with Crippen molar-refractivity contribution in [2.45, 2.75) is 19.8 Å². The number of aryl methyl sites for hydroxylation is 1. The summed E-state index contributed by atoms with van der Waals surface area (Å²) in [7, 11) is 0. The van der Waals surface area contributed by atoms with Gasteiger partial charge in [-0.05, 0) is 24.3 Å². The maximum absolute atomic E-state index is 6.94. The summed E-state index contributed by atoms with van der Waals surface area (Å²) in [6.45, 7) is 2.15. The number of rotatable bonds is 4. The summed E-state index contributed by atoms with van der Waals surface area (Å²) in [5, 5.41) is 0. The Kier molecular flexibility index (Phi) is 4.10. The number of hydrogen-bond donors (Lipinski definition) is 0. The molecule has 1 N–H and O–H groups in total. The van der Waals surface area contributed by atoms with Gasteiger partial charge in [0.25, 0.3) is 0 Å². The largest absolute Gasteiger partial charge is 0.705 e. The molecule has 1 nitrogen and oxygen atoms in total. The fourth-order valence-corrected chi connectivity index (χ4v) is 1.30. The highest BCUT2D eigenvalue weighted by Crippen LogP contribution is 2.10. The van der Waals surface area contributed by atoms with Gasteiger partial charge in [0.05, 0.1) is 0 Å². The lowest BCUT2D eigenvalue weighted by molar-refractivity contribution is 0.648. The van der Waals surface area contributed by atoms with Crippen LogP contribution in [0.3, 0.4) is 0 Å².